The summed E-state index contributed by atoms with van der Waals surface area (Å²) in [5, 5.41) is 13.9. The molecule has 0 amide bonds. The van der Waals surface area contributed by atoms with Crippen LogP contribution >= 0.6 is 0 Å². The summed E-state index contributed by atoms with van der Waals surface area (Å²) in [6, 6.07) is 5.74. The first kappa shape index (κ1) is 13.3. The molecule has 1 N–H and O–H groups in total. The van der Waals surface area contributed by atoms with Crippen LogP contribution in [0.4, 0.5) is 11.5 Å². The van der Waals surface area contributed by atoms with Crippen LogP contribution in [0, 0.1) is 10.1 Å². The van der Waals surface area contributed by atoms with Gasteiger partial charge in [0.25, 0.3) is 0 Å². The van der Waals surface area contributed by atoms with Crippen molar-refractivity contribution >= 4 is 11.5 Å². The number of rotatable bonds is 4. The lowest BCUT2D eigenvalue weighted by Gasteiger charge is -2.08. The highest BCUT2D eigenvalue weighted by atomic mass is 16.6. The molecule has 1 aromatic carbocycles. The molecule has 7 nitrogen and oxygen atoms in total. The maximum absolute atomic E-state index is 11.2. The van der Waals surface area contributed by atoms with Gasteiger partial charge >= 0.3 is 11.6 Å². The van der Waals surface area contributed by atoms with Crippen molar-refractivity contribution in [2.24, 2.45) is 0 Å². The highest BCUT2D eigenvalue weighted by molar-refractivity contribution is 5.61. The average molecular weight is 286 g/mol. The highest BCUT2D eigenvalue weighted by Crippen LogP contribution is 2.35. The first-order valence-corrected chi connectivity index (χ1v) is 6.66. The Morgan fingerprint density at radius 2 is 2.10 bits per heavy atom. The molecule has 108 valence electrons. The third-order valence-electron chi connectivity index (χ3n) is 3.49. The minimum absolute atomic E-state index is 0.0581. The zero-order chi connectivity index (χ0) is 14.8. The van der Waals surface area contributed by atoms with Crippen LogP contribution in [0.1, 0.15) is 17.5 Å². The second kappa shape index (κ2) is 5.35. The first-order chi connectivity index (χ1) is 10.2. The van der Waals surface area contributed by atoms with Crippen LogP contribution < -0.4 is 10.1 Å². The lowest BCUT2D eigenvalue weighted by Crippen LogP contribution is -2.03. The largest absolute Gasteiger partial charge is 0.434 e. The molecule has 2 aromatic rings. The average Bonchev–Trinajstić information content (AvgIpc) is 2.94. The molecule has 0 fully saturated rings. The summed E-state index contributed by atoms with van der Waals surface area (Å²) in [6.45, 7) is 0. The fraction of sp³-hybridized carbons (Fsp3) is 0.286. The number of nitro groups is 1. The molecule has 0 saturated carbocycles. The number of nitrogens with one attached hydrogen (secondary N) is 1. The quantitative estimate of drug-likeness (QED) is 0.686. The first-order valence-electron chi connectivity index (χ1n) is 6.66. The molecule has 1 aromatic heterocycles. The van der Waals surface area contributed by atoms with Crippen LogP contribution in [0.15, 0.2) is 24.5 Å². The van der Waals surface area contributed by atoms with Crippen molar-refractivity contribution in [1.29, 1.82) is 0 Å². The van der Waals surface area contributed by atoms with Crippen molar-refractivity contribution in [2.75, 3.05) is 12.4 Å². The van der Waals surface area contributed by atoms with Crippen LogP contribution in [0.25, 0.3) is 0 Å². The number of aryl methyl sites for hydroxylation is 2. The van der Waals surface area contributed by atoms with E-state index >= 15 is 0 Å². The molecule has 7 heteroatoms. The van der Waals surface area contributed by atoms with E-state index in [-0.39, 0.29) is 17.4 Å². The van der Waals surface area contributed by atoms with Gasteiger partial charge in [0.2, 0.25) is 5.82 Å². The van der Waals surface area contributed by atoms with Crippen LogP contribution in [0.5, 0.6) is 11.6 Å². The van der Waals surface area contributed by atoms with Crippen molar-refractivity contribution in [3.05, 3.63) is 45.8 Å². The van der Waals surface area contributed by atoms with Gasteiger partial charge in [-0.1, -0.05) is 6.07 Å². The van der Waals surface area contributed by atoms with Crippen LogP contribution in [0.2, 0.25) is 0 Å². The van der Waals surface area contributed by atoms with E-state index in [0.717, 1.165) is 19.3 Å². The Balaban J connectivity index is 1.96. The lowest BCUT2D eigenvalue weighted by atomic mass is 10.1. The predicted octanol–water partition coefficient (Wildman–Crippen LogP) is 2.71. The fourth-order valence-corrected chi connectivity index (χ4v) is 2.51. The lowest BCUT2D eigenvalue weighted by molar-refractivity contribution is -0.385. The molecule has 0 radical (unpaired) electrons. The normalized spacial score (nSPS) is 12.8. The van der Waals surface area contributed by atoms with Crippen LogP contribution in [-0.2, 0) is 12.8 Å². The molecule has 1 aliphatic carbocycles. The van der Waals surface area contributed by atoms with Crippen molar-refractivity contribution < 1.29 is 9.66 Å². The molecule has 1 aliphatic rings. The van der Waals surface area contributed by atoms with E-state index in [0.29, 0.717) is 5.75 Å². The van der Waals surface area contributed by atoms with E-state index in [4.69, 9.17) is 4.74 Å². The van der Waals surface area contributed by atoms with Gasteiger partial charge < -0.3 is 10.1 Å². The molecule has 0 atom stereocenters. The second-order valence-electron chi connectivity index (χ2n) is 4.77. The van der Waals surface area contributed by atoms with Gasteiger partial charge in [-0.3, -0.25) is 10.1 Å². The Bertz CT molecular complexity index is 703. The fourth-order valence-electron chi connectivity index (χ4n) is 2.51. The standard InChI is InChI=1S/C14H14N4O3/c1-15-13-12(18(19)20)14(17-8-16-13)21-11-6-5-9-3-2-4-10(9)7-11/h5-8H,2-4H2,1H3,(H,15,16,17). The molecule has 0 aliphatic heterocycles. The van der Waals surface area contributed by atoms with E-state index in [1.165, 1.54) is 17.5 Å². The van der Waals surface area contributed by atoms with Crippen molar-refractivity contribution in [3.8, 4) is 11.6 Å². The van der Waals surface area contributed by atoms with E-state index in [1.54, 1.807) is 7.05 Å². The summed E-state index contributed by atoms with van der Waals surface area (Å²) >= 11 is 0. The van der Waals surface area contributed by atoms with Gasteiger partial charge in [-0.05, 0) is 42.5 Å². The monoisotopic (exact) mass is 286 g/mol. The Hall–Kier alpha value is -2.70. The molecule has 0 saturated heterocycles. The van der Waals surface area contributed by atoms with E-state index < -0.39 is 4.92 Å². The van der Waals surface area contributed by atoms with Gasteiger partial charge in [0.1, 0.15) is 12.1 Å². The number of fused-ring (bicyclic) bond motifs is 1. The van der Waals surface area contributed by atoms with Crippen molar-refractivity contribution in [3.63, 3.8) is 0 Å². The number of benzene rings is 1. The minimum Gasteiger partial charge on any atom is -0.434 e. The second-order valence-corrected chi connectivity index (χ2v) is 4.77. The van der Waals surface area contributed by atoms with Gasteiger partial charge in [-0.25, -0.2) is 4.98 Å². The Labute approximate surface area is 121 Å². The molecule has 0 spiro atoms. The zero-order valence-corrected chi connectivity index (χ0v) is 11.5. The summed E-state index contributed by atoms with van der Waals surface area (Å²) in [5.41, 5.74) is 2.29. The van der Waals surface area contributed by atoms with Crippen LogP contribution in [0.3, 0.4) is 0 Å². The zero-order valence-electron chi connectivity index (χ0n) is 11.5. The number of ether oxygens (including phenoxy) is 1. The Morgan fingerprint density at radius 1 is 1.29 bits per heavy atom. The van der Waals surface area contributed by atoms with Gasteiger partial charge in [0.15, 0.2) is 0 Å². The number of hydrogen-bond acceptors (Lipinski definition) is 6. The molecule has 0 unspecified atom stereocenters. The molecule has 21 heavy (non-hydrogen) atoms. The molecule has 3 rings (SSSR count). The van der Waals surface area contributed by atoms with E-state index in [9.17, 15) is 10.1 Å². The molecule has 1 heterocycles. The number of nitrogens with zero attached hydrogens (tertiary/aromatic N) is 3. The van der Waals surface area contributed by atoms with E-state index in [2.05, 4.69) is 15.3 Å². The van der Waals surface area contributed by atoms with Gasteiger partial charge in [0.05, 0.1) is 4.92 Å². The SMILES string of the molecule is CNc1ncnc(Oc2ccc3c(c2)CCC3)c1[N+](=O)[O-]. The summed E-state index contributed by atoms with van der Waals surface area (Å²) in [4.78, 5) is 18.4. The molecular formula is C14H14N4O3. The van der Waals surface area contributed by atoms with Gasteiger partial charge in [-0.2, -0.15) is 4.98 Å². The number of aromatic nitrogens is 2. The maximum atomic E-state index is 11.2. The topological polar surface area (TPSA) is 90.2 Å². The molecular weight excluding hydrogens is 272 g/mol. The minimum atomic E-state index is -0.547. The summed E-state index contributed by atoms with van der Waals surface area (Å²) in [7, 11) is 1.56. The smallest absolute Gasteiger partial charge is 0.373 e. The number of hydrogen-bond donors (Lipinski definition) is 1. The summed E-state index contributed by atoms with van der Waals surface area (Å²) < 4.78 is 5.61. The van der Waals surface area contributed by atoms with E-state index in [1.807, 2.05) is 18.2 Å². The Morgan fingerprint density at radius 3 is 2.86 bits per heavy atom. The van der Waals surface area contributed by atoms with Crippen molar-refractivity contribution in [1.82, 2.24) is 9.97 Å². The number of anilines is 1. The highest BCUT2D eigenvalue weighted by Gasteiger charge is 2.24. The maximum Gasteiger partial charge on any atom is 0.373 e. The predicted molar refractivity (Wildman–Crippen MR) is 76.8 cm³/mol. The van der Waals surface area contributed by atoms with Crippen molar-refractivity contribution in [2.45, 2.75) is 19.3 Å². The Kier molecular flexibility index (Phi) is 3.39. The summed E-state index contributed by atoms with van der Waals surface area (Å²) in [6.07, 6.45) is 4.46. The van der Waals surface area contributed by atoms with Gasteiger partial charge in [0, 0.05) is 7.05 Å². The molecule has 0 bridgehead atoms. The van der Waals surface area contributed by atoms with Gasteiger partial charge in [-0.15, -0.1) is 0 Å². The third-order valence-corrected chi connectivity index (χ3v) is 3.49. The third kappa shape index (κ3) is 2.49. The summed E-state index contributed by atoms with van der Waals surface area (Å²) in [5.74, 6) is 0.628. The van der Waals surface area contributed by atoms with Crippen LogP contribution in [-0.4, -0.2) is 21.9 Å².